The molecule has 1 atom stereocenters. The summed E-state index contributed by atoms with van der Waals surface area (Å²) in [6.07, 6.45) is 0. The van der Waals surface area contributed by atoms with E-state index < -0.39 is 0 Å². The summed E-state index contributed by atoms with van der Waals surface area (Å²) in [6, 6.07) is 5.37. The minimum absolute atomic E-state index is 0.00247. The van der Waals surface area contributed by atoms with Crippen molar-refractivity contribution in [3.63, 3.8) is 0 Å². The van der Waals surface area contributed by atoms with Gasteiger partial charge in [-0.05, 0) is 50.7 Å². The van der Waals surface area contributed by atoms with Crippen molar-refractivity contribution in [2.45, 2.75) is 26.8 Å². The first-order valence-electron chi connectivity index (χ1n) is 8.02. The number of amides is 1. The minimum Gasteiger partial charge on any atom is -0.454 e. The van der Waals surface area contributed by atoms with E-state index >= 15 is 0 Å². The third kappa shape index (κ3) is 2.91. The molecular formula is C17H21N3O3S. The number of carbonyl (C=O) groups excluding carboxylic acids is 1. The van der Waals surface area contributed by atoms with Gasteiger partial charge in [0.1, 0.15) is 0 Å². The van der Waals surface area contributed by atoms with Crippen LogP contribution in [0, 0.1) is 0 Å². The molecule has 7 heteroatoms. The fourth-order valence-corrected chi connectivity index (χ4v) is 3.27. The van der Waals surface area contributed by atoms with Crippen LogP contribution in [0.4, 0.5) is 0 Å². The minimum atomic E-state index is -0.318. The monoisotopic (exact) mass is 347 g/mol. The zero-order valence-corrected chi connectivity index (χ0v) is 14.8. The Morgan fingerprint density at radius 3 is 2.71 bits per heavy atom. The molecule has 128 valence electrons. The Labute approximate surface area is 146 Å². The average molecular weight is 347 g/mol. The molecule has 1 unspecified atom stereocenters. The van der Waals surface area contributed by atoms with E-state index in [9.17, 15) is 4.79 Å². The Morgan fingerprint density at radius 1 is 1.29 bits per heavy atom. The van der Waals surface area contributed by atoms with Gasteiger partial charge >= 0.3 is 0 Å². The summed E-state index contributed by atoms with van der Waals surface area (Å²) >= 11 is 5.28. The van der Waals surface area contributed by atoms with Gasteiger partial charge in [-0.25, -0.2) is 0 Å². The lowest BCUT2D eigenvalue weighted by molar-refractivity contribution is -0.127. The smallest absolute Gasteiger partial charge is 0.253 e. The molecule has 0 aliphatic carbocycles. The summed E-state index contributed by atoms with van der Waals surface area (Å²) in [7, 11) is 0. The number of fused-ring (bicyclic) bond motifs is 1. The summed E-state index contributed by atoms with van der Waals surface area (Å²) in [4.78, 5) is 14.8. The van der Waals surface area contributed by atoms with Crippen LogP contribution in [0.5, 0.6) is 11.5 Å². The summed E-state index contributed by atoms with van der Waals surface area (Å²) in [5.41, 5.74) is 2.36. The van der Waals surface area contributed by atoms with Crippen LogP contribution in [0.1, 0.15) is 32.4 Å². The Kier molecular flexibility index (Phi) is 4.62. The van der Waals surface area contributed by atoms with E-state index in [1.807, 2.05) is 39.0 Å². The Balaban J connectivity index is 2.01. The van der Waals surface area contributed by atoms with Gasteiger partial charge in [-0.3, -0.25) is 4.79 Å². The number of nitrogens with one attached hydrogen (secondary N) is 2. The van der Waals surface area contributed by atoms with Crippen molar-refractivity contribution in [1.82, 2.24) is 15.5 Å². The second-order valence-corrected chi connectivity index (χ2v) is 6.07. The van der Waals surface area contributed by atoms with Crippen molar-refractivity contribution in [2.24, 2.45) is 0 Å². The second-order valence-electron chi connectivity index (χ2n) is 5.66. The molecule has 1 amide bonds. The topological polar surface area (TPSA) is 62.8 Å². The molecule has 0 fully saturated rings. The molecule has 2 aliphatic heterocycles. The normalized spacial score (nSPS) is 19.0. The number of hydrogen-bond acceptors (Lipinski definition) is 4. The molecule has 2 heterocycles. The molecule has 1 aromatic carbocycles. The van der Waals surface area contributed by atoms with Crippen LogP contribution < -0.4 is 20.1 Å². The molecule has 0 spiro atoms. The zero-order chi connectivity index (χ0) is 17.3. The quantitative estimate of drug-likeness (QED) is 0.813. The van der Waals surface area contributed by atoms with Crippen LogP contribution in [-0.4, -0.2) is 35.8 Å². The van der Waals surface area contributed by atoms with Crippen LogP contribution in [-0.2, 0) is 4.79 Å². The van der Waals surface area contributed by atoms with Gasteiger partial charge in [-0.15, -0.1) is 0 Å². The van der Waals surface area contributed by atoms with Crippen molar-refractivity contribution >= 4 is 23.2 Å². The number of rotatable bonds is 4. The van der Waals surface area contributed by atoms with Crippen LogP contribution in [0.2, 0.25) is 0 Å². The van der Waals surface area contributed by atoms with Crippen LogP contribution in [0.25, 0.3) is 0 Å². The van der Waals surface area contributed by atoms with Crippen LogP contribution in [0.15, 0.2) is 29.5 Å². The van der Waals surface area contributed by atoms with Crippen LogP contribution in [0.3, 0.4) is 0 Å². The van der Waals surface area contributed by atoms with Crippen molar-refractivity contribution in [3.8, 4) is 11.5 Å². The van der Waals surface area contributed by atoms with E-state index in [1.165, 1.54) is 0 Å². The maximum absolute atomic E-state index is 13.0. The third-order valence-corrected chi connectivity index (χ3v) is 4.50. The molecule has 0 saturated heterocycles. The standard InChI is InChI=1S/C17H21N3O3S/c1-4-20(5-2)16(21)14-10(3)18-17(24)19-15(14)11-6-7-12-13(8-11)23-9-22-12/h6-8,15H,4-5,9H2,1-3H3,(H2,18,19,24). The maximum atomic E-state index is 13.0. The lowest BCUT2D eigenvalue weighted by Crippen LogP contribution is -2.47. The first kappa shape index (κ1) is 16.6. The van der Waals surface area contributed by atoms with Gasteiger partial charge in [0.25, 0.3) is 5.91 Å². The molecule has 0 radical (unpaired) electrons. The summed E-state index contributed by atoms with van der Waals surface area (Å²) in [5, 5.41) is 6.77. The van der Waals surface area contributed by atoms with Gasteiger partial charge < -0.3 is 25.0 Å². The van der Waals surface area contributed by atoms with E-state index in [-0.39, 0.29) is 18.7 Å². The number of carbonyl (C=O) groups is 1. The lowest BCUT2D eigenvalue weighted by Gasteiger charge is -2.33. The highest BCUT2D eigenvalue weighted by Crippen LogP contribution is 2.37. The molecule has 0 bridgehead atoms. The number of nitrogens with zero attached hydrogens (tertiary/aromatic N) is 1. The largest absolute Gasteiger partial charge is 0.454 e. The van der Waals surface area contributed by atoms with Crippen molar-refractivity contribution in [1.29, 1.82) is 0 Å². The highest BCUT2D eigenvalue weighted by molar-refractivity contribution is 7.80. The lowest BCUT2D eigenvalue weighted by atomic mass is 9.94. The summed E-state index contributed by atoms with van der Waals surface area (Å²) < 4.78 is 10.8. The summed E-state index contributed by atoms with van der Waals surface area (Å²) in [6.45, 7) is 7.36. The Bertz CT molecular complexity index is 713. The molecule has 24 heavy (non-hydrogen) atoms. The third-order valence-electron chi connectivity index (χ3n) is 4.28. The fourth-order valence-electron chi connectivity index (χ4n) is 3.00. The SMILES string of the molecule is CCN(CC)C(=O)C1=C(C)NC(=S)NC1c1ccc2c(c1)OCO2. The van der Waals surface area contributed by atoms with Crippen molar-refractivity contribution in [2.75, 3.05) is 19.9 Å². The van der Waals surface area contributed by atoms with E-state index in [2.05, 4.69) is 10.6 Å². The van der Waals surface area contributed by atoms with E-state index in [0.29, 0.717) is 35.3 Å². The number of likely N-dealkylation sites (N-methyl/N-ethyl adjacent to an activating group) is 1. The molecule has 2 N–H and O–H groups in total. The van der Waals surface area contributed by atoms with Gasteiger partial charge in [-0.1, -0.05) is 6.07 Å². The van der Waals surface area contributed by atoms with Gasteiger partial charge in [0, 0.05) is 18.8 Å². The Morgan fingerprint density at radius 2 is 2.00 bits per heavy atom. The highest BCUT2D eigenvalue weighted by atomic mass is 32.1. The van der Waals surface area contributed by atoms with Crippen LogP contribution >= 0.6 is 12.2 Å². The maximum Gasteiger partial charge on any atom is 0.253 e. The predicted octanol–water partition coefficient (Wildman–Crippen LogP) is 2.08. The fraction of sp³-hybridized carbons (Fsp3) is 0.412. The average Bonchev–Trinajstić information content (AvgIpc) is 3.02. The number of allylic oxidation sites excluding steroid dienone is 1. The first-order valence-corrected chi connectivity index (χ1v) is 8.43. The number of thiocarbonyl (C=S) groups is 1. The number of hydrogen-bond donors (Lipinski definition) is 2. The molecule has 0 saturated carbocycles. The highest BCUT2D eigenvalue weighted by Gasteiger charge is 2.32. The Hall–Kier alpha value is -2.28. The predicted molar refractivity (Wildman–Crippen MR) is 94.8 cm³/mol. The van der Waals surface area contributed by atoms with E-state index in [0.717, 1.165) is 11.3 Å². The summed E-state index contributed by atoms with van der Waals surface area (Å²) in [5.74, 6) is 1.40. The molecule has 2 aliphatic rings. The van der Waals surface area contributed by atoms with Crippen molar-refractivity contribution < 1.29 is 14.3 Å². The molecular weight excluding hydrogens is 326 g/mol. The van der Waals surface area contributed by atoms with Gasteiger partial charge in [0.2, 0.25) is 6.79 Å². The zero-order valence-electron chi connectivity index (χ0n) is 14.0. The molecule has 0 aromatic heterocycles. The molecule has 6 nitrogen and oxygen atoms in total. The number of benzene rings is 1. The van der Waals surface area contributed by atoms with Gasteiger partial charge in [-0.2, -0.15) is 0 Å². The van der Waals surface area contributed by atoms with Gasteiger partial charge in [0.05, 0.1) is 11.6 Å². The first-order chi connectivity index (χ1) is 11.5. The van der Waals surface area contributed by atoms with E-state index in [1.54, 1.807) is 4.90 Å². The van der Waals surface area contributed by atoms with Gasteiger partial charge in [0.15, 0.2) is 16.6 Å². The van der Waals surface area contributed by atoms with E-state index in [4.69, 9.17) is 21.7 Å². The second kappa shape index (κ2) is 6.68. The molecule has 3 rings (SSSR count). The number of ether oxygens (including phenoxy) is 2. The van der Waals surface area contributed by atoms with Crippen molar-refractivity contribution in [3.05, 3.63) is 35.0 Å². The molecule has 1 aromatic rings.